The maximum Gasteiger partial charge on any atom is 0.120 e. The molecule has 3 nitrogen and oxygen atoms in total. The maximum absolute atomic E-state index is 5.77. The van der Waals surface area contributed by atoms with Gasteiger partial charge in [0.2, 0.25) is 0 Å². The van der Waals surface area contributed by atoms with Crippen molar-refractivity contribution >= 4 is 5.69 Å². The lowest BCUT2D eigenvalue weighted by atomic mass is 10.1. The Kier molecular flexibility index (Phi) is 4.62. The molecule has 0 atom stereocenters. The van der Waals surface area contributed by atoms with Gasteiger partial charge >= 0.3 is 0 Å². The highest BCUT2D eigenvalue weighted by Crippen LogP contribution is 2.27. The van der Waals surface area contributed by atoms with E-state index in [2.05, 4.69) is 31.7 Å². The number of rotatable bonds is 5. The third-order valence-corrected chi connectivity index (χ3v) is 2.79. The van der Waals surface area contributed by atoms with E-state index in [1.807, 2.05) is 12.1 Å². The smallest absolute Gasteiger partial charge is 0.120 e. The van der Waals surface area contributed by atoms with Crippen LogP contribution in [0.5, 0.6) is 5.75 Å². The Labute approximate surface area is 98.2 Å². The molecule has 0 saturated carbocycles. The summed E-state index contributed by atoms with van der Waals surface area (Å²) in [6.07, 6.45) is 0. The Morgan fingerprint density at radius 2 is 2.06 bits per heavy atom. The molecule has 0 aliphatic heterocycles. The van der Waals surface area contributed by atoms with Crippen molar-refractivity contribution in [1.29, 1.82) is 0 Å². The predicted octanol–water partition coefficient (Wildman–Crippen LogP) is 2.39. The molecule has 0 bridgehead atoms. The van der Waals surface area contributed by atoms with Crippen molar-refractivity contribution in [1.82, 2.24) is 0 Å². The second-order valence-electron chi connectivity index (χ2n) is 4.08. The van der Waals surface area contributed by atoms with E-state index in [0.717, 1.165) is 17.9 Å². The van der Waals surface area contributed by atoms with Gasteiger partial charge in [-0.1, -0.05) is 6.07 Å². The van der Waals surface area contributed by atoms with Crippen molar-refractivity contribution in [3.63, 3.8) is 0 Å². The van der Waals surface area contributed by atoms with Crippen LogP contribution in [0.2, 0.25) is 0 Å². The Balaban J connectivity index is 3.15. The minimum Gasteiger partial charge on any atom is -0.497 e. The lowest BCUT2D eigenvalue weighted by Crippen LogP contribution is -2.31. The first-order chi connectivity index (χ1) is 7.63. The van der Waals surface area contributed by atoms with Crippen LogP contribution >= 0.6 is 0 Å². The van der Waals surface area contributed by atoms with Crippen molar-refractivity contribution in [3.8, 4) is 5.75 Å². The highest BCUT2D eigenvalue weighted by atomic mass is 16.5. The molecule has 0 fully saturated rings. The maximum atomic E-state index is 5.77. The molecule has 3 heteroatoms. The molecule has 90 valence electrons. The van der Waals surface area contributed by atoms with Gasteiger partial charge in [0, 0.05) is 30.9 Å². The van der Waals surface area contributed by atoms with Crippen molar-refractivity contribution < 1.29 is 4.74 Å². The first-order valence-electron chi connectivity index (χ1n) is 5.77. The van der Waals surface area contributed by atoms with Crippen molar-refractivity contribution in [3.05, 3.63) is 23.8 Å². The summed E-state index contributed by atoms with van der Waals surface area (Å²) in [5, 5.41) is 0. The summed E-state index contributed by atoms with van der Waals surface area (Å²) < 4.78 is 5.26. The van der Waals surface area contributed by atoms with Gasteiger partial charge in [0.25, 0.3) is 0 Å². The summed E-state index contributed by atoms with van der Waals surface area (Å²) in [4.78, 5) is 2.32. The van der Waals surface area contributed by atoms with E-state index in [4.69, 9.17) is 10.5 Å². The van der Waals surface area contributed by atoms with Crippen LogP contribution in [-0.2, 0) is 6.54 Å². The van der Waals surface area contributed by atoms with Gasteiger partial charge in [-0.3, -0.25) is 0 Å². The largest absolute Gasteiger partial charge is 0.497 e. The molecule has 0 radical (unpaired) electrons. The lowest BCUT2D eigenvalue weighted by molar-refractivity contribution is 0.414. The zero-order valence-electron chi connectivity index (χ0n) is 10.7. The highest BCUT2D eigenvalue weighted by molar-refractivity contribution is 5.57. The summed E-state index contributed by atoms with van der Waals surface area (Å²) in [5.74, 6) is 0.881. The Bertz CT molecular complexity index is 337. The van der Waals surface area contributed by atoms with E-state index < -0.39 is 0 Å². The van der Waals surface area contributed by atoms with Gasteiger partial charge in [-0.15, -0.1) is 0 Å². The minimum atomic E-state index is 0.461. The number of hydrogen-bond acceptors (Lipinski definition) is 3. The first kappa shape index (κ1) is 12.8. The number of anilines is 1. The standard InChI is InChI=1S/C13H22N2O/c1-5-15(10(2)3)13-8-12(16-4)7-6-11(13)9-14/h6-8,10H,5,9,14H2,1-4H3. The third-order valence-electron chi connectivity index (χ3n) is 2.79. The van der Waals surface area contributed by atoms with Gasteiger partial charge in [-0.25, -0.2) is 0 Å². The summed E-state index contributed by atoms with van der Waals surface area (Å²) >= 11 is 0. The highest BCUT2D eigenvalue weighted by Gasteiger charge is 2.13. The van der Waals surface area contributed by atoms with E-state index in [-0.39, 0.29) is 0 Å². The van der Waals surface area contributed by atoms with Crippen LogP contribution < -0.4 is 15.4 Å². The Hall–Kier alpha value is -1.22. The van der Waals surface area contributed by atoms with Crippen LogP contribution in [0.1, 0.15) is 26.3 Å². The minimum absolute atomic E-state index is 0.461. The molecule has 0 heterocycles. The fraction of sp³-hybridized carbons (Fsp3) is 0.538. The molecule has 16 heavy (non-hydrogen) atoms. The Morgan fingerprint density at radius 1 is 1.38 bits per heavy atom. The average Bonchev–Trinajstić information content (AvgIpc) is 2.29. The van der Waals surface area contributed by atoms with Crippen molar-refractivity contribution in [2.24, 2.45) is 5.73 Å². The van der Waals surface area contributed by atoms with Crippen LogP contribution in [0, 0.1) is 0 Å². The molecule has 0 aromatic heterocycles. The zero-order valence-corrected chi connectivity index (χ0v) is 10.7. The molecule has 0 amide bonds. The number of nitrogens with zero attached hydrogens (tertiary/aromatic N) is 1. The second kappa shape index (κ2) is 5.75. The van der Waals surface area contributed by atoms with Gasteiger partial charge in [-0.2, -0.15) is 0 Å². The number of nitrogens with two attached hydrogens (primary N) is 1. The van der Waals surface area contributed by atoms with Crippen LogP contribution in [-0.4, -0.2) is 19.7 Å². The third kappa shape index (κ3) is 2.67. The van der Waals surface area contributed by atoms with Gasteiger partial charge < -0.3 is 15.4 Å². The van der Waals surface area contributed by atoms with Crippen molar-refractivity contribution in [2.45, 2.75) is 33.4 Å². The summed E-state index contributed by atoms with van der Waals surface area (Å²) in [5.41, 5.74) is 8.11. The molecule has 0 aliphatic carbocycles. The molecule has 2 N–H and O–H groups in total. The lowest BCUT2D eigenvalue weighted by Gasteiger charge is -2.29. The van der Waals surface area contributed by atoms with Crippen LogP contribution in [0.4, 0.5) is 5.69 Å². The quantitative estimate of drug-likeness (QED) is 0.831. The monoisotopic (exact) mass is 222 g/mol. The molecule has 0 spiro atoms. The van der Waals surface area contributed by atoms with E-state index in [9.17, 15) is 0 Å². The molecule has 1 rings (SSSR count). The number of hydrogen-bond donors (Lipinski definition) is 1. The van der Waals surface area contributed by atoms with Crippen LogP contribution in [0.25, 0.3) is 0 Å². The molecule has 0 unspecified atom stereocenters. The molecule has 1 aromatic carbocycles. The summed E-state index contributed by atoms with van der Waals surface area (Å²) in [7, 11) is 1.69. The van der Waals surface area contributed by atoms with E-state index in [1.165, 1.54) is 5.69 Å². The second-order valence-corrected chi connectivity index (χ2v) is 4.08. The predicted molar refractivity (Wildman–Crippen MR) is 69.0 cm³/mol. The number of methoxy groups -OCH3 is 1. The normalized spacial score (nSPS) is 10.6. The van der Waals surface area contributed by atoms with E-state index >= 15 is 0 Å². The topological polar surface area (TPSA) is 38.5 Å². The number of ether oxygens (including phenoxy) is 1. The zero-order chi connectivity index (χ0) is 12.1. The number of benzene rings is 1. The molecule has 0 aliphatic rings. The molecular formula is C13H22N2O. The first-order valence-corrected chi connectivity index (χ1v) is 5.77. The molecular weight excluding hydrogens is 200 g/mol. The average molecular weight is 222 g/mol. The van der Waals surface area contributed by atoms with Gasteiger partial charge in [0.1, 0.15) is 5.75 Å². The van der Waals surface area contributed by atoms with Crippen LogP contribution in [0.3, 0.4) is 0 Å². The summed E-state index contributed by atoms with van der Waals surface area (Å²) in [6, 6.07) is 6.52. The summed E-state index contributed by atoms with van der Waals surface area (Å²) in [6.45, 7) is 8.05. The van der Waals surface area contributed by atoms with E-state index in [0.29, 0.717) is 12.6 Å². The van der Waals surface area contributed by atoms with E-state index in [1.54, 1.807) is 7.11 Å². The fourth-order valence-electron chi connectivity index (χ4n) is 1.92. The fourth-order valence-corrected chi connectivity index (χ4v) is 1.92. The molecule has 1 aromatic rings. The van der Waals surface area contributed by atoms with Gasteiger partial charge in [-0.05, 0) is 32.4 Å². The SMILES string of the molecule is CCN(c1cc(OC)ccc1CN)C(C)C. The van der Waals surface area contributed by atoms with Crippen molar-refractivity contribution in [2.75, 3.05) is 18.6 Å². The van der Waals surface area contributed by atoms with Crippen LogP contribution in [0.15, 0.2) is 18.2 Å². The van der Waals surface area contributed by atoms with Gasteiger partial charge in [0.15, 0.2) is 0 Å². The van der Waals surface area contributed by atoms with Gasteiger partial charge in [0.05, 0.1) is 7.11 Å². The Morgan fingerprint density at radius 3 is 2.50 bits per heavy atom. The molecule has 0 saturated heterocycles.